The predicted octanol–water partition coefficient (Wildman–Crippen LogP) is 2.23. The van der Waals surface area contributed by atoms with E-state index in [1.165, 1.54) is 11.3 Å². The predicted molar refractivity (Wildman–Crippen MR) is 90.3 cm³/mol. The monoisotopic (exact) mass is 333 g/mol. The highest BCUT2D eigenvalue weighted by molar-refractivity contribution is 7.07. The molecular formula is C16H23N5OS. The summed E-state index contributed by atoms with van der Waals surface area (Å²) in [7, 11) is 2.10. The van der Waals surface area contributed by atoms with Crippen LogP contribution < -0.4 is 0 Å². The molecule has 0 aromatic carbocycles. The van der Waals surface area contributed by atoms with E-state index in [1.807, 2.05) is 16.6 Å². The molecule has 0 atom stereocenters. The van der Waals surface area contributed by atoms with Crippen molar-refractivity contribution in [1.82, 2.24) is 24.3 Å². The molecule has 1 amide bonds. The van der Waals surface area contributed by atoms with Crippen molar-refractivity contribution in [3.05, 3.63) is 34.3 Å². The van der Waals surface area contributed by atoms with Crippen LogP contribution in [0.25, 0.3) is 0 Å². The minimum atomic E-state index is 0.0177. The molecule has 3 rings (SSSR count). The maximum atomic E-state index is 12.6. The van der Waals surface area contributed by atoms with E-state index in [9.17, 15) is 4.79 Å². The summed E-state index contributed by atoms with van der Waals surface area (Å²) in [6.07, 6.45) is 2.86. The van der Waals surface area contributed by atoms with Crippen molar-refractivity contribution < 1.29 is 4.79 Å². The van der Waals surface area contributed by atoms with Crippen molar-refractivity contribution >= 4 is 17.2 Å². The summed E-state index contributed by atoms with van der Waals surface area (Å²) < 4.78 is 2.19. The number of fused-ring (bicyclic) bond motifs is 1. The summed E-state index contributed by atoms with van der Waals surface area (Å²) in [5, 5.41) is 1.82. The second-order valence-corrected chi connectivity index (χ2v) is 7.01. The van der Waals surface area contributed by atoms with Gasteiger partial charge in [0.25, 0.3) is 5.91 Å². The quantitative estimate of drug-likeness (QED) is 0.861. The first kappa shape index (κ1) is 16.1. The van der Waals surface area contributed by atoms with E-state index in [-0.39, 0.29) is 5.91 Å². The molecule has 124 valence electrons. The fraction of sp³-hybridized carbons (Fsp3) is 0.562. The maximum Gasteiger partial charge on any atom is 0.273 e. The van der Waals surface area contributed by atoms with Crippen molar-refractivity contribution in [2.75, 3.05) is 13.6 Å². The largest absolute Gasteiger partial charge is 0.333 e. The van der Waals surface area contributed by atoms with Gasteiger partial charge in [-0.3, -0.25) is 9.69 Å². The molecule has 7 heteroatoms. The second-order valence-electron chi connectivity index (χ2n) is 6.29. The van der Waals surface area contributed by atoms with Crippen LogP contribution >= 0.6 is 11.3 Å². The van der Waals surface area contributed by atoms with Gasteiger partial charge in [0.05, 0.1) is 29.8 Å². The molecule has 6 nitrogen and oxygen atoms in total. The summed E-state index contributed by atoms with van der Waals surface area (Å²) in [6.45, 7) is 7.43. The van der Waals surface area contributed by atoms with Crippen LogP contribution in [0.2, 0.25) is 0 Å². The number of imidazole rings is 1. The molecule has 0 aliphatic carbocycles. The number of hydrogen-bond donors (Lipinski definition) is 0. The molecule has 2 aromatic rings. The Balaban J connectivity index is 1.81. The molecule has 0 N–H and O–H groups in total. The molecule has 0 saturated heterocycles. The number of carbonyl (C=O) groups is 1. The van der Waals surface area contributed by atoms with E-state index < -0.39 is 0 Å². The Labute approximate surface area is 140 Å². The zero-order valence-corrected chi connectivity index (χ0v) is 14.7. The number of amides is 1. The maximum absolute atomic E-state index is 12.6. The van der Waals surface area contributed by atoms with Gasteiger partial charge in [0, 0.05) is 31.1 Å². The summed E-state index contributed by atoms with van der Waals surface area (Å²) in [6, 6.07) is 0.464. The third-order valence-corrected chi connectivity index (χ3v) is 5.01. The standard InChI is InChI=1S/C16H23N5OS/c1-12(2)19(3)7-13-15-8-20(5-4-6-21(15)10-17-13)16(22)14-9-23-11-18-14/h9-12H,4-8H2,1-3H3. The highest BCUT2D eigenvalue weighted by atomic mass is 32.1. The van der Waals surface area contributed by atoms with Gasteiger partial charge in [0.2, 0.25) is 0 Å². The van der Waals surface area contributed by atoms with Crippen LogP contribution in [0.5, 0.6) is 0 Å². The molecule has 0 fully saturated rings. The number of nitrogens with zero attached hydrogens (tertiary/aromatic N) is 5. The Morgan fingerprint density at radius 2 is 2.22 bits per heavy atom. The van der Waals surface area contributed by atoms with E-state index in [2.05, 4.69) is 40.3 Å². The first-order valence-electron chi connectivity index (χ1n) is 7.97. The van der Waals surface area contributed by atoms with Gasteiger partial charge < -0.3 is 9.47 Å². The van der Waals surface area contributed by atoms with Crippen LogP contribution in [0.4, 0.5) is 0 Å². The van der Waals surface area contributed by atoms with E-state index in [0.717, 1.165) is 37.4 Å². The summed E-state index contributed by atoms with van der Waals surface area (Å²) in [5.41, 5.74) is 4.47. The molecule has 1 aliphatic heterocycles. The first-order valence-corrected chi connectivity index (χ1v) is 8.91. The molecule has 2 aromatic heterocycles. The van der Waals surface area contributed by atoms with Gasteiger partial charge in [-0.15, -0.1) is 11.3 Å². The molecule has 1 aliphatic rings. The number of rotatable bonds is 4. The Morgan fingerprint density at radius 1 is 1.39 bits per heavy atom. The van der Waals surface area contributed by atoms with Crippen LogP contribution in [0, 0.1) is 0 Å². The summed E-state index contributed by atoms with van der Waals surface area (Å²) >= 11 is 1.46. The fourth-order valence-corrected chi connectivity index (χ4v) is 3.25. The SMILES string of the molecule is CC(C)N(C)Cc1ncn2c1CN(C(=O)c1cscn1)CCC2. The fourth-order valence-electron chi connectivity index (χ4n) is 2.72. The van der Waals surface area contributed by atoms with Crippen LogP contribution in [-0.4, -0.2) is 49.9 Å². The number of hydrogen-bond acceptors (Lipinski definition) is 5. The van der Waals surface area contributed by atoms with Crippen LogP contribution in [0.15, 0.2) is 17.2 Å². The smallest absolute Gasteiger partial charge is 0.273 e. The molecule has 0 unspecified atom stereocenters. The van der Waals surface area contributed by atoms with Gasteiger partial charge in [-0.1, -0.05) is 0 Å². The van der Waals surface area contributed by atoms with Crippen molar-refractivity contribution in [1.29, 1.82) is 0 Å². The third-order valence-electron chi connectivity index (χ3n) is 4.42. The number of aryl methyl sites for hydroxylation is 1. The zero-order chi connectivity index (χ0) is 16.4. The Bertz CT molecular complexity index is 664. The second kappa shape index (κ2) is 6.80. The Kier molecular flexibility index (Phi) is 4.77. The molecule has 23 heavy (non-hydrogen) atoms. The topological polar surface area (TPSA) is 54.3 Å². The summed E-state index contributed by atoms with van der Waals surface area (Å²) in [5.74, 6) is 0.0177. The van der Waals surface area contributed by atoms with Gasteiger partial charge in [-0.25, -0.2) is 9.97 Å². The van der Waals surface area contributed by atoms with Crippen LogP contribution in [0.3, 0.4) is 0 Å². The normalized spacial score (nSPS) is 15.1. The highest BCUT2D eigenvalue weighted by Crippen LogP contribution is 2.19. The Morgan fingerprint density at radius 3 is 2.91 bits per heavy atom. The highest BCUT2D eigenvalue weighted by Gasteiger charge is 2.24. The molecule has 0 saturated carbocycles. The van der Waals surface area contributed by atoms with Crippen LogP contribution in [-0.2, 0) is 19.6 Å². The van der Waals surface area contributed by atoms with Crippen LogP contribution in [0.1, 0.15) is 42.1 Å². The van der Waals surface area contributed by atoms with Crippen molar-refractivity contribution in [3.8, 4) is 0 Å². The molecular weight excluding hydrogens is 310 g/mol. The van der Waals surface area contributed by atoms with E-state index in [0.29, 0.717) is 18.3 Å². The Hall–Kier alpha value is -1.73. The van der Waals surface area contributed by atoms with Crippen molar-refractivity contribution in [3.63, 3.8) is 0 Å². The lowest BCUT2D eigenvalue weighted by molar-refractivity contribution is 0.0740. The van der Waals surface area contributed by atoms with Crippen molar-refractivity contribution in [2.24, 2.45) is 0 Å². The van der Waals surface area contributed by atoms with Gasteiger partial charge in [-0.05, 0) is 27.3 Å². The average Bonchev–Trinajstić information content (AvgIpc) is 3.12. The van der Waals surface area contributed by atoms with Gasteiger partial charge >= 0.3 is 0 Å². The van der Waals surface area contributed by atoms with Gasteiger partial charge in [0.15, 0.2) is 0 Å². The number of aromatic nitrogens is 3. The molecule has 0 spiro atoms. The number of thiazole rings is 1. The van der Waals surface area contributed by atoms with E-state index in [4.69, 9.17) is 0 Å². The summed E-state index contributed by atoms with van der Waals surface area (Å²) in [4.78, 5) is 25.5. The minimum Gasteiger partial charge on any atom is -0.333 e. The lowest BCUT2D eigenvalue weighted by atomic mass is 10.2. The average molecular weight is 333 g/mol. The van der Waals surface area contributed by atoms with Gasteiger partial charge in [0.1, 0.15) is 5.69 Å². The molecule has 3 heterocycles. The number of carbonyl (C=O) groups excluding carboxylic acids is 1. The van der Waals surface area contributed by atoms with E-state index in [1.54, 1.807) is 5.51 Å². The molecule has 0 bridgehead atoms. The zero-order valence-electron chi connectivity index (χ0n) is 13.9. The lowest BCUT2D eigenvalue weighted by Gasteiger charge is -2.22. The first-order chi connectivity index (χ1) is 11.1. The molecule has 0 radical (unpaired) electrons. The third kappa shape index (κ3) is 3.45. The van der Waals surface area contributed by atoms with Gasteiger partial charge in [-0.2, -0.15) is 0 Å². The van der Waals surface area contributed by atoms with E-state index >= 15 is 0 Å². The lowest BCUT2D eigenvalue weighted by Crippen LogP contribution is -2.32. The van der Waals surface area contributed by atoms with Crippen molar-refractivity contribution in [2.45, 2.75) is 45.9 Å². The minimum absolute atomic E-state index is 0.0177.